The molecule has 4 rings (SSSR count). The van der Waals surface area contributed by atoms with Crippen LogP contribution in [0.25, 0.3) is 0 Å². The van der Waals surface area contributed by atoms with Crippen LogP contribution in [0.2, 0.25) is 0 Å². The third-order valence-corrected chi connectivity index (χ3v) is 6.73. The SMILES string of the molecule is CNCC(=O)N[C@H]1CC[C@H](C2CC(c3cc(C(=O)NCc4ccc(F)c(OC)c4)nc(C)n3)=NO2)CC1. The molecule has 2 aliphatic rings. The number of methoxy groups -OCH3 is 1. The first kappa shape index (κ1) is 26.5. The van der Waals surface area contributed by atoms with Crippen LogP contribution in [0.4, 0.5) is 4.39 Å². The Hall–Kier alpha value is -3.60. The molecule has 1 atom stereocenters. The van der Waals surface area contributed by atoms with Crippen molar-refractivity contribution in [2.75, 3.05) is 20.7 Å². The maximum atomic E-state index is 13.6. The minimum atomic E-state index is -0.462. The molecule has 2 heterocycles. The van der Waals surface area contributed by atoms with Crippen molar-refractivity contribution >= 4 is 17.5 Å². The molecule has 1 saturated carbocycles. The zero-order valence-electron chi connectivity index (χ0n) is 21.3. The second kappa shape index (κ2) is 12.1. The molecule has 3 N–H and O–H groups in total. The van der Waals surface area contributed by atoms with E-state index in [1.54, 1.807) is 32.2 Å². The lowest BCUT2D eigenvalue weighted by Gasteiger charge is -2.31. The van der Waals surface area contributed by atoms with Crippen LogP contribution in [-0.2, 0) is 16.2 Å². The maximum Gasteiger partial charge on any atom is 0.270 e. The van der Waals surface area contributed by atoms with Crippen LogP contribution in [0.15, 0.2) is 29.4 Å². The maximum absolute atomic E-state index is 13.6. The highest BCUT2D eigenvalue weighted by atomic mass is 19.1. The number of amides is 2. The van der Waals surface area contributed by atoms with Crippen molar-refractivity contribution in [1.29, 1.82) is 0 Å². The Kier molecular flexibility index (Phi) is 8.65. The number of hydrogen-bond acceptors (Lipinski definition) is 8. The zero-order chi connectivity index (χ0) is 26.4. The van der Waals surface area contributed by atoms with Crippen molar-refractivity contribution < 1.29 is 23.6 Å². The van der Waals surface area contributed by atoms with Gasteiger partial charge in [-0.2, -0.15) is 0 Å². The molecular formula is C26H33FN6O4. The molecule has 1 aromatic carbocycles. The first-order valence-electron chi connectivity index (χ1n) is 12.5. The van der Waals surface area contributed by atoms with Crippen LogP contribution in [-0.4, -0.2) is 60.3 Å². The quantitative estimate of drug-likeness (QED) is 0.470. The van der Waals surface area contributed by atoms with Crippen molar-refractivity contribution in [3.63, 3.8) is 0 Å². The van der Waals surface area contributed by atoms with Crippen molar-refractivity contribution in [2.24, 2.45) is 11.1 Å². The number of nitrogens with zero attached hydrogens (tertiary/aromatic N) is 3. The number of carbonyl (C=O) groups excluding carboxylic acids is 2. The lowest BCUT2D eigenvalue weighted by molar-refractivity contribution is -0.121. The average Bonchev–Trinajstić information content (AvgIpc) is 3.39. The van der Waals surface area contributed by atoms with Gasteiger partial charge in [-0.05, 0) is 69.3 Å². The van der Waals surface area contributed by atoms with Gasteiger partial charge in [0.2, 0.25) is 5.91 Å². The molecule has 2 aromatic rings. The molecular weight excluding hydrogens is 479 g/mol. The topological polar surface area (TPSA) is 127 Å². The Morgan fingerprint density at radius 1 is 1.16 bits per heavy atom. The number of benzene rings is 1. The highest BCUT2D eigenvalue weighted by Crippen LogP contribution is 2.33. The molecule has 1 aliphatic heterocycles. The Balaban J connectivity index is 1.33. The van der Waals surface area contributed by atoms with E-state index in [-0.39, 0.29) is 41.9 Å². The van der Waals surface area contributed by atoms with E-state index in [4.69, 9.17) is 9.57 Å². The van der Waals surface area contributed by atoms with Gasteiger partial charge < -0.3 is 25.5 Å². The average molecular weight is 513 g/mol. The van der Waals surface area contributed by atoms with Crippen LogP contribution in [0, 0.1) is 18.7 Å². The van der Waals surface area contributed by atoms with E-state index in [1.165, 1.54) is 13.2 Å². The number of aromatic nitrogens is 2. The van der Waals surface area contributed by atoms with E-state index in [0.717, 1.165) is 25.7 Å². The molecule has 1 unspecified atom stereocenters. The summed E-state index contributed by atoms with van der Waals surface area (Å²) in [6.45, 7) is 2.24. The normalized spacial score (nSPS) is 21.1. The summed E-state index contributed by atoms with van der Waals surface area (Å²) in [7, 11) is 3.15. The first-order valence-corrected chi connectivity index (χ1v) is 12.5. The van der Waals surface area contributed by atoms with Crippen LogP contribution >= 0.6 is 0 Å². The number of rotatable bonds is 9. The van der Waals surface area contributed by atoms with Gasteiger partial charge >= 0.3 is 0 Å². The van der Waals surface area contributed by atoms with E-state index < -0.39 is 5.82 Å². The Morgan fingerprint density at radius 3 is 2.68 bits per heavy atom. The third-order valence-electron chi connectivity index (χ3n) is 6.73. The standard InChI is InChI=1S/C26H33FN6O4/c1-15-30-20(11-22(31-15)26(35)29-13-16-4-9-19(27)24(10-16)36-3)21-12-23(37-33-21)17-5-7-18(8-6-17)32-25(34)14-28-2/h4,9-11,17-18,23,28H,5-8,12-14H2,1-3H3,(H,29,35)(H,32,34)/t17-,18-,23?. The summed E-state index contributed by atoms with van der Waals surface area (Å²) in [5.41, 5.74) is 2.18. The van der Waals surface area contributed by atoms with Gasteiger partial charge in [0.05, 0.1) is 19.3 Å². The molecule has 198 valence electrons. The summed E-state index contributed by atoms with van der Waals surface area (Å²) < 4.78 is 18.6. The predicted octanol–water partition coefficient (Wildman–Crippen LogP) is 2.25. The highest BCUT2D eigenvalue weighted by Gasteiger charge is 2.34. The van der Waals surface area contributed by atoms with E-state index in [9.17, 15) is 14.0 Å². The molecule has 0 spiro atoms. The van der Waals surface area contributed by atoms with Gasteiger partial charge in [-0.1, -0.05) is 11.2 Å². The van der Waals surface area contributed by atoms with Crippen LogP contribution in [0.3, 0.4) is 0 Å². The van der Waals surface area contributed by atoms with Gasteiger partial charge in [0.1, 0.15) is 23.3 Å². The molecule has 0 bridgehead atoms. The molecule has 2 amide bonds. The number of oxime groups is 1. The smallest absolute Gasteiger partial charge is 0.270 e. The van der Waals surface area contributed by atoms with Crippen molar-refractivity contribution in [2.45, 2.75) is 57.7 Å². The molecule has 11 heteroatoms. The number of aryl methyl sites for hydroxylation is 1. The fourth-order valence-corrected chi connectivity index (χ4v) is 4.79. The monoisotopic (exact) mass is 512 g/mol. The lowest BCUT2D eigenvalue weighted by Crippen LogP contribution is -2.42. The minimum Gasteiger partial charge on any atom is -0.494 e. The Labute approximate surface area is 215 Å². The summed E-state index contributed by atoms with van der Waals surface area (Å²) in [4.78, 5) is 39.2. The van der Waals surface area contributed by atoms with Gasteiger partial charge in [0, 0.05) is 19.0 Å². The van der Waals surface area contributed by atoms with E-state index in [1.807, 2.05) is 0 Å². The molecule has 0 saturated heterocycles. The zero-order valence-corrected chi connectivity index (χ0v) is 21.3. The third kappa shape index (κ3) is 6.79. The number of halogens is 1. The second-order valence-electron chi connectivity index (χ2n) is 9.43. The molecule has 1 fully saturated rings. The number of ether oxygens (including phenoxy) is 1. The highest BCUT2D eigenvalue weighted by molar-refractivity contribution is 6.01. The summed E-state index contributed by atoms with van der Waals surface area (Å²) in [6.07, 6.45) is 4.27. The van der Waals surface area contributed by atoms with Crippen LogP contribution < -0.4 is 20.7 Å². The largest absolute Gasteiger partial charge is 0.494 e. The van der Waals surface area contributed by atoms with E-state index >= 15 is 0 Å². The van der Waals surface area contributed by atoms with Crippen LogP contribution in [0.5, 0.6) is 5.75 Å². The fraction of sp³-hybridized carbons (Fsp3) is 0.500. The number of carbonyl (C=O) groups is 2. The Morgan fingerprint density at radius 2 is 1.95 bits per heavy atom. The van der Waals surface area contributed by atoms with E-state index in [0.29, 0.717) is 41.7 Å². The number of likely N-dealkylation sites (N-methyl/N-ethyl adjacent to an activating group) is 1. The summed E-state index contributed by atoms with van der Waals surface area (Å²) in [5, 5.41) is 13.0. The lowest BCUT2D eigenvalue weighted by atomic mass is 9.81. The molecule has 1 aromatic heterocycles. The molecule has 1 aliphatic carbocycles. The van der Waals surface area contributed by atoms with Gasteiger partial charge in [-0.25, -0.2) is 14.4 Å². The molecule has 10 nitrogen and oxygen atoms in total. The van der Waals surface area contributed by atoms with Gasteiger partial charge in [0.25, 0.3) is 5.91 Å². The summed E-state index contributed by atoms with van der Waals surface area (Å²) >= 11 is 0. The molecule has 37 heavy (non-hydrogen) atoms. The Bertz CT molecular complexity index is 1170. The van der Waals surface area contributed by atoms with Gasteiger partial charge in [0.15, 0.2) is 11.6 Å². The van der Waals surface area contributed by atoms with Gasteiger partial charge in [-0.15, -0.1) is 0 Å². The second-order valence-corrected chi connectivity index (χ2v) is 9.43. The van der Waals surface area contributed by atoms with E-state index in [2.05, 4.69) is 31.1 Å². The summed E-state index contributed by atoms with van der Waals surface area (Å²) in [6, 6.07) is 6.24. The van der Waals surface area contributed by atoms with Crippen molar-refractivity contribution in [1.82, 2.24) is 25.9 Å². The predicted molar refractivity (Wildman–Crippen MR) is 135 cm³/mol. The summed E-state index contributed by atoms with van der Waals surface area (Å²) in [5.74, 6) is 0.102. The fourth-order valence-electron chi connectivity index (χ4n) is 4.79. The van der Waals surface area contributed by atoms with Crippen molar-refractivity contribution in [3.8, 4) is 5.75 Å². The minimum absolute atomic E-state index is 0.0186. The first-order chi connectivity index (χ1) is 17.9. The number of nitrogens with one attached hydrogen (secondary N) is 3. The van der Waals surface area contributed by atoms with Crippen LogP contribution in [0.1, 0.15) is 59.7 Å². The van der Waals surface area contributed by atoms with Crippen molar-refractivity contribution in [3.05, 3.63) is 52.9 Å². The molecule has 0 radical (unpaired) electrons. The number of hydrogen-bond donors (Lipinski definition) is 3. The van der Waals surface area contributed by atoms with Gasteiger partial charge in [-0.3, -0.25) is 9.59 Å².